The minimum absolute atomic E-state index is 0.0556. The maximum absolute atomic E-state index is 12.9. The van der Waals surface area contributed by atoms with E-state index in [1.165, 1.54) is 38.5 Å². The maximum atomic E-state index is 12.9. The fourth-order valence-corrected chi connectivity index (χ4v) is 7.25. The predicted octanol–water partition coefficient (Wildman–Crippen LogP) is 4.67. The molecule has 6 rings (SSSR count). The smallest absolute Gasteiger partial charge is 0.253 e. The molecule has 4 aliphatic carbocycles. The summed E-state index contributed by atoms with van der Waals surface area (Å²) < 4.78 is 0. The summed E-state index contributed by atoms with van der Waals surface area (Å²) in [7, 11) is 0. The number of benzene rings is 1. The Balaban J connectivity index is 1.12. The van der Waals surface area contributed by atoms with Gasteiger partial charge >= 0.3 is 0 Å². The van der Waals surface area contributed by atoms with Crippen molar-refractivity contribution in [2.75, 3.05) is 13.1 Å². The summed E-state index contributed by atoms with van der Waals surface area (Å²) in [5, 5.41) is 3.95. The number of amides is 2. The molecule has 0 radical (unpaired) electrons. The van der Waals surface area contributed by atoms with Crippen molar-refractivity contribution in [2.24, 2.45) is 23.2 Å². The number of rotatable bonds is 4. The molecule has 5 heteroatoms. The van der Waals surface area contributed by atoms with E-state index in [0.717, 1.165) is 37.0 Å². The Morgan fingerprint density at radius 3 is 2.07 bits per heavy atom. The standard InChI is InChI=1S/C24H31ClN2O2/c25-20-3-1-19(2-4-20)23(29)27-7-5-21(6-8-27)26-22(28)15-24-12-16-9-17(13-24)11-18(10-16)14-24/h1-4,16-18,21H,5-15H2,(H,26,28). The zero-order valence-corrected chi connectivity index (χ0v) is 17.8. The van der Waals surface area contributed by atoms with Crippen molar-refractivity contribution in [3.05, 3.63) is 34.9 Å². The van der Waals surface area contributed by atoms with Crippen LogP contribution in [0.2, 0.25) is 5.02 Å². The van der Waals surface area contributed by atoms with Crippen LogP contribution in [0.25, 0.3) is 0 Å². The summed E-state index contributed by atoms with van der Waals surface area (Å²) in [5.41, 5.74) is 0.975. The van der Waals surface area contributed by atoms with E-state index >= 15 is 0 Å². The van der Waals surface area contributed by atoms with E-state index < -0.39 is 0 Å². The Bertz CT molecular complexity index is 747. The summed E-state index contributed by atoms with van der Waals surface area (Å²) in [4.78, 5) is 27.4. The molecule has 1 saturated heterocycles. The Morgan fingerprint density at radius 2 is 1.52 bits per heavy atom. The lowest BCUT2D eigenvalue weighted by Crippen LogP contribution is -2.50. The Kier molecular flexibility index (Phi) is 5.09. The van der Waals surface area contributed by atoms with Gasteiger partial charge < -0.3 is 10.2 Å². The molecule has 1 aliphatic heterocycles. The van der Waals surface area contributed by atoms with E-state index in [2.05, 4.69) is 5.32 Å². The molecule has 156 valence electrons. The monoisotopic (exact) mass is 414 g/mol. The quantitative estimate of drug-likeness (QED) is 0.778. The summed E-state index contributed by atoms with van der Waals surface area (Å²) in [6.45, 7) is 1.40. The molecule has 4 bridgehead atoms. The molecule has 0 atom stereocenters. The van der Waals surface area contributed by atoms with Gasteiger partial charge in [0.2, 0.25) is 5.91 Å². The zero-order chi connectivity index (χ0) is 20.0. The fraction of sp³-hybridized carbons (Fsp3) is 0.667. The molecule has 1 heterocycles. The fourth-order valence-electron chi connectivity index (χ4n) is 7.13. The van der Waals surface area contributed by atoms with Crippen molar-refractivity contribution in [3.8, 4) is 0 Å². The summed E-state index contributed by atoms with van der Waals surface area (Å²) in [5.74, 6) is 2.96. The normalized spacial score (nSPS) is 33.7. The highest BCUT2D eigenvalue weighted by Crippen LogP contribution is 2.61. The maximum Gasteiger partial charge on any atom is 0.253 e. The second kappa shape index (κ2) is 7.61. The Morgan fingerprint density at radius 1 is 0.966 bits per heavy atom. The lowest BCUT2D eigenvalue weighted by Gasteiger charge is -2.56. The summed E-state index contributed by atoms with van der Waals surface area (Å²) in [6.07, 6.45) is 10.5. The molecular weight excluding hydrogens is 384 g/mol. The van der Waals surface area contributed by atoms with Crippen LogP contribution in [0.4, 0.5) is 0 Å². The van der Waals surface area contributed by atoms with Crippen molar-refractivity contribution in [2.45, 2.75) is 63.8 Å². The third-order valence-corrected chi connectivity index (χ3v) is 8.19. The molecule has 2 amide bonds. The highest BCUT2D eigenvalue weighted by Gasteiger charge is 2.51. The molecule has 1 aromatic rings. The zero-order valence-electron chi connectivity index (χ0n) is 17.0. The second-order valence-electron chi connectivity index (χ2n) is 10.2. The molecule has 5 fully saturated rings. The first-order valence-corrected chi connectivity index (χ1v) is 11.7. The van der Waals surface area contributed by atoms with Gasteiger partial charge in [-0.05, 0) is 98.8 Å². The van der Waals surface area contributed by atoms with Crippen molar-refractivity contribution in [1.82, 2.24) is 10.2 Å². The molecule has 5 aliphatic rings. The number of halogens is 1. The topological polar surface area (TPSA) is 49.4 Å². The third kappa shape index (κ3) is 4.05. The van der Waals surface area contributed by atoms with E-state index in [0.29, 0.717) is 29.1 Å². The van der Waals surface area contributed by atoms with Crippen molar-refractivity contribution in [1.29, 1.82) is 0 Å². The van der Waals surface area contributed by atoms with Gasteiger partial charge in [0, 0.05) is 36.1 Å². The molecule has 4 nitrogen and oxygen atoms in total. The Hall–Kier alpha value is -1.55. The number of piperidine rings is 1. The van der Waals surface area contributed by atoms with Crippen LogP contribution >= 0.6 is 11.6 Å². The summed E-state index contributed by atoms with van der Waals surface area (Å²) in [6, 6.07) is 7.28. The van der Waals surface area contributed by atoms with Gasteiger partial charge in [-0.1, -0.05) is 11.6 Å². The van der Waals surface area contributed by atoms with Crippen molar-refractivity contribution < 1.29 is 9.59 Å². The second-order valence-corrected chi connectivity index (χ2v) is 10.7. The molecule has 1 N–H and O–H groups in total. The van der Waals surface area contributed by atoms with Crippen LogP contribution in [0.5, 0.6) is 0 Å². The Labute approximate surface area is 178 Å². The van der Waals surface area contributed by atoms with E-state index in [1.54, 1.807) is 24.3 Å². The highest BCUT2D eigenvalue weighted by atomic mass is 35.5. The predicted molar refractivity (Wildman–Crippen MR) is 114 cm³/mol. The van der Waals surface area contributed by atoms with Gasteiger partial charge in [-0.2, -0.15) is 0 Å². The van der Waals surface area contributed by atoms with Gasteiger partial charge in [0.25, 0.3) is 5.91 Å². The van der Waals surface area contributed by atoms with Crippen LogP contribution in [-0.2, 0) is 4.79 Å². The van der Waals surface area contributed by atoms with Crippen LogP contribution in [0, 0.1) is 23.2 Å². The van der Waals surface area contributed by atoms with Gasteiger partial charge in [0.05, 0.1) is 0 Å². The number of hydrogen-bond acceptors (Lipinski definition) is 2. The van der Waals surface area contributed by atoms with Crippen LogP contribution in [-0.4, -0.2) is 35.8 Å². The van der Waals surface area contributed by atoms with Gasteiger partial charge in [-0.3, -0.25) is 9.59 Å². The molecule has 0 spiro atoms. The van der Waals surface area contributed by atoms with Gasteiger partial charge in [0.15, 0.2) is 0 Å². The minimum atomic E-state index is 0.0556. The van der Waals surface area contributed by atoms with E-state index in [-0.39, 0.29) is 17.9 Å². The third-order valence-electron chi connectivity index (χ3n) is 7.94. The highest BCUT2D eigenvalue weighted by molar-refractivity contribution is 6.30. The van der Waals surface area contributed by atoms with Gasteiger partial charge in [0.1, 0.15) is 0 Å². The number of nitrogens with one attached hydrogen (secondary N) is 1. The van der Waals surface area contributed by atoms with Crippen LogP contribution in [0.3, 0.4) is 0 Å². The molecule has 4 saturated carbocycles. The summed E-state index contributed by atoms with van der Waals surface area (Å²) >= 11 is 5.92. The SMILES string of the molecule is O=C(CC12CC3CC(CC(C3)C1)C2)NC1CCN(C(=O)c2ccc(Cl)cc2)CC1. The number of carbonyl (C=O) groups is 2. The lowest BCUT2D eigenvalue weighted by atomic mass is 9.49. The van der Waals surface area contributed by atoms with Gasteiger partial charge in [-0.25, -0.2) is 0 Å². The van der Waals surface area contributed by atoms with E-state index in [1.807, 2.05) is 4.90 Å². The largest absolute Gasteiger partial charge is 0.353 e. The van der Waals surface area contributed by atoms with E-state index in [9.17, 15) is 9.59 Å². The first kappa shape index (κ1) is 19.4. The van der Waals surface area contributed by atoms with Gasteiger partial charge in [-0.15, -0.1) is 0 Å². The minimum Gasteiger partial charge on any atom is -0.353 e. The molecular formula is C24H31ClN2O2. The van der Waals surface area contributed by atoms with Crippen LogP contribution < -0.4 is 5.32 Å². The molecule has 0 aromatic heterocycles. The van der Waals surface area contributed by atoms with E-state index in [4.69, 9.17) is 11.6 Å². The number of nitrogens with zero attached hydrogens (tertiary/aromatic N) is 1. The first-order chi connectivity index (χ1) is 14.0. The van der Waals surface area contributed by atoms with Crippen molar-refractivity contribution >= 4 is 23.4 Å². The van der Waals surface area contributed by atoms with Crippen LogP contribution in [0.1, 0.15) is 68.1 Å². The molecule has 29 heavy (non-hydrogen) atoms. The number of likely N-dealkylation sites (tertiary alicyclic amines) is 1. The average molecular weight is 415 g/mol. The molecule has 1 aromatic carbocycles. The van der Waals surface area contributed by atoms with Crippen LogP contribution in [0.15, 0.2) is 24.3 Å². The molecule has 0 unspecified atom stereocenters. The lowest BCUT2D eigenvalue weighted by molar-refractivity contribution is -0.130. The number of hydrogen-bond donors (Lipinski definition) is 1. The number of carbonyl (C=O) groups excluding carboxylic acids is 2. The van der Waals surface area contributed by atoms with Crippen molar-refractivity contribution in [3.63, 3.8) is 0 Å². The average Bonchev–Trinajstić information content (AvgIpc) is 2.67. The first-order valence-electron chi connectivity index (χ1n) is 11.3.